The maximum absolute atomic E-state index is 10.8. The third kappa shape index (κ3) is 5.09. The van der Waals surface area contributed by atoms with Gasteiger partial charge in [-0.3, -0.25) is 0 Å². The van der Waals surface area contributed by atoms with E-state index in [-0.39, 0.29) is 9.90 Å². The summed E-state index contributed by atoms with van der Waals surface area (Å²) >= 11 is 1.23. The predicted molar refractivity (Wildman–Crippen MR) is 41.0 cm³/mol. The first-order valence-corrected chi connectivity index (χ1v) is 5.21. The van der Waals surface area contributed by atoms with Crippen molar-refractivity contribution in [2.45, 2.75) is 30.6 Å². The molecule has 0 aromatic carbocycles. The molecule has 1 unspecified atom stereocenters. The van der Waals surface area contributed by atoms with Gasteiger partial charge in [-0.1, -0.05) is 0 Å². The fraction of sp³-hybridized carbons (Fsp3) is 0.857. The van der Waals surface area contributed by atoms with Gasteiger partial charge in [-0.2, -0.15) is 0 Å². The Morgan fingerprint density at radius 2 is 2.30 bits per heavy atom. The Balaban J connectivity index is 3.22. The SMILES string of the molecule is CCCCOC(=O)[CH](C)[Sn]. The van der Waals surface area contributed by atoms with Crippen molar-refractivity contribution in [2.24, 2.45) is 0 Å². The summed E-state index contributed by atoms with van der Waals surface area (Å²) < 4.78 is 5.03. The summed E-state index contributed by atoms with van der Waals surface area (Å²) in [6.07, 6.45) is 2.06. The Bertz CT molecular complexity index is 102. The summed E-state index contributed by atoms with van der Waals surface area (Å²) in [5.41, 5.74) is 0. The van der Waals surface area contributed by atoms with E-state index in [2.05, 4.69) is 6.92 Å². The van der Waals surface area contributed by atoms with Crippen LogP contribution >= 0.6 is 0 Å². The van der Waals surface area contributed by atoms with E-state index < -0.39 is 0 Å². The molecule has 0 amide bonds. The molecule has 1 atom stereocenters. The normalized spacial score (nSPS) is 12.7. The molecule has 57 valence electrons. The quantitative estimate of drug-likeness (QED) is 0.426. The van der Waals surface area contributed by atoms with Crippen molar-refractivity contribution in [1.82, 2.24) is 0 Å². The van der Waals surface area contributed by atoms with Gasteiger partial charge < -0.3 is 0 Å². The van der Waals surface area contributed by atoms with Crippen molar-refractivity contribution in [2.75, 3.05) is 6.61 Å². The zero-order valence-corrected chi connectivity index (χ0v) is 9.37. The van der Waals surface area contributed by atoms with Gasteiger partial charge in [-0.15, -0.1) is 0 Å². The van der Waals surface area contributed by atoms with Crippen molar-refractivity contribution in [3.05, 3.63) is 0 Å². The molecular formula is C7H13O2Sn. The molecule has 0 aliphatic heterocycles. The number of hydrogen-bond donors (Lipinski definition) is 0. The van der Waals surface area contributed by atoms with Gasteiger partial charge in [0.15, 0.2) is 0 Å². The Kier molecular flexibility index (Phi) is 6.17. The van der Waals surface area contributed by atoms with E-state index in [4.69, 9.17) is 4.74 Å². The molecule has 0 N–H and O–H groups in total. The van der Waals surface area contributed by atoms with Crippen LogP contribution in [0.3, 0.4) is 0 Å². The maximum atomic E-state index is 10.8. The molecular weight excluding hydrogens is 235 g/mol. The van der Waals surface area contributed by atoms with E-state index in [1.165, 1.54) is 22.5 Å². The van der Waals surface area contributed by atoms with Gasteiger partial charge in [-0.25, -0.2) is 0 Å². The van der Waals surface area contributed by atoms with E-state index in [0.29, 0.717) is 6.61 Å². The Morgan fingerprint density at radius 1 is 1.70 bits per heavy atom. The topological polar surface area (TPSA) is 26.3 Å². The molecule has 2 nitrogen and oxygen atoms in total. The third-order valence-electron chi connectivity index (χ3n) is 1.10. The summed E-state index contributed by atoms with van der Waals surface area (Å²) in [4.78, 5) is 10.8. The molecule has 3 heteroatoms. The molecule has 0 saturated carbocycles. The fourth-order valence-electron chi connectivity index (χ4n) is 0.442. The molecule has 0 aromatic heterocycles. The Hall–Kier alpha value is 0.269. The number of carbonyl (C=O) groups excluding carboxylic acids is 1. The van der Waals surface area contributed by atoms with E-state index in [1.54, 1.807) is 0 Å². The van der Waals surface area contributed by atoms with Crippen molar-refractivity contribution in [3.8, 4) is 0 Å². The van der Waals surface area contributed by atoms with Crippen LogP contribution in [0, 0.1) is 0 Å². The molecule has 0 bridgehead atoms. The summed E-state index contributed by atoms with van der Waals surface area (Å²) in [5, 5.41) is 0. The zero-order chi connectivity index (χ0) is 7.98. The van der Waals surface area contributed by atoms with Crippen LogP contribution in [0.25, 0.3) is 0 Å². The minimum absolute atomic E-state index is 0.0494. The van der Waals surface area contributed by atoms with Gasteiger partial charge >= 0.3 is 75.3 Å². The van der Waals surface area contributed by atoms with Crippen LogP contribution in [-0.4, -0.2) is 35.1 Å². The fourth-order valence-corrected chi connectivity index (χ4v) is 0.680. The van der Waals surface area contributed by atoms with E-state index in [9.17, 15) is 4.79 Å². The third-order valence-corrected chi connectivity index (χ3v) is 1.77. The molecule has 3 radical (unpaired) electrons. The van der Waals surface area contributed by atoms with Crippen molar-refractivity contribution in [3.63, 3.8) is 0 Å². The van der Waals surface area contributed by atoms with Gasteiger partial charge in [0.25, 0.3) is 0 Å². The molecule has 0 aromatic rings. The summed E-state index contributed by atoms with van der Waals surface area (Å²) in [6.45, 7) is 4.55. The van der Waals surface area contributed by atoms with Crippen LogP contribution in [0.2, 0.25) is 3.93 Å². The monoisotopic (exact) mass is 249 g/mol. The van der Waals surface area contributed by atoms with Gasteiger partial charge in [-0.05, 0) is 0 Å². The molecule has 0 aliphatic carbocycles. The van der Waals surface area contributed by atoms with E-state index in [0.717, 1.165) is 12.8 Å². The molecule has 0 rings (SSSR count). The number of carbonyl (C=O) groups is 1. The van der Waals surface area contributed by atoms with Crippen LogP contribution in [0.4, 0.5) is 0 Å². The Morgan fingerprint density at radius 3 is 2.70 bits per heavy atom. The average Bonchev–Trinajstić information content (AvgIpc) is 1.88. The molecule has 0 fully saturated rings. The zero-order valence-electron chi connectivity index (χ0n) is 6.52. The first kappa shape index (κ1) is 10.3. The standard InChI is InChI=1S/C7H13O2.Sn/c1-3-5-6-9-7(8)4-2;/h4H,3,5-6H2,1-2H3;. The average molecular weight is 248 g/mol. The Labute approximate surface area is 75.4 Å². The van der Waals surface area contributed by atoms with Gasteiger partial charge in [0.2, 0.25) is 0 Å². The van der Waals surface area contributed by atoms with Crippen LogP contribution in [0.5, 0.6) is 0 Å². The van der Waals surface area contributed by atoms with Crippen LogP contribution in [0.15, 0.2) is 0 Å². The first-order chi connectivity index (χ1) is 4.68. The molecule has 0 saturated heterocycles. The van der Waals surface area contributed by atoms with E-state index in [1.807, 2.05) is 6.92 Å². The van der Waals surface area contributed by atoms with Gasteiger partial charge in [0, 0.05) is 0 Å². The second-order valence-corrected chi connectivity index (χ2v) is 4.71. The summed E-state index contributed by atoms with van der Waals surface area (Å²) in [6, 6.07) is 0. The minimum atomic E-state index is -0.0494. The number of unbranched alkanes of at least 4 members (excludes halogenated alkanes) is 1. The van der Waals surface area contributed by atoms with Crippen molar-refractivity contribution >= 4 is 28.5 Å². The van der Waals surface area contributed by atoms with Gasteiger partial charge in [0.05, 0.1) is 0 Å². The number of rotatable bonds is 4. The second-order valence-electron chi connectivity index (χ2n) is 2.24. The molecule has 0 spiro atoms. The van der Waals surface area contributed by atoms with Crippen LogP contribution < -0.4 is 0 Å². The number of ether oxygens (including phenoxy) is 1. The van der Waals surface area contributed by atoms with Crippen molar-refractivity contribution in [1.29, 1.82) is 0 Å². The van der Waals surface area contributed by atoms with Gasteiger partial charge in [0.1, 0.15) is 0 Å². The van der Waals surface area contributed by atoms with E-state index >= 15 is 0 Å². The molecule has 0 aliphatic rings. The van der Waals surface area contributed by atoms with Crippen LogP contribution in [0.1, 0.15) is 26.7 Å². The van der Waals surface area contributed by atoms with Crippen LogP contribution in [-0.2, 0) is 9.53 Å². The number of esters is 1. The predicted octanol–water partition coefficient (Wildman–Crippen LogP) is 1.31. The number of hydrogen-bond acceptors (Lipinski definition) is 2. The van der Waals surface area contributed by atoms with Crippen molar-refractivity contribution < 1.29 is 9.53 Å². The first-order valence-electron chi connectivity index (χ1n) is 3.56. The molecule has 0 heterocycles. The second kappa shape index (κ2) is 6.01. The summed E-state index contributed by atoms with van der Waals surface area (Å²) in [5.74, 6) is -0.0494. The summed E-state index contributed by atoms with van der Waals surface area (Å²) in [7, 11) is 0. The molecule has 10 heavy (non-hydrogen) atoms.